The predicted octanol–water partition coefficient (Wildman–Crippen LogP) is 3.91. The minimum atomic E-state index is 0.888. The van der Waals surface area contributed by atoms with Crippen LogP contribution in [0.15, 0.2) is 36.4 Å². The zero-order valence-electron chi connectivity index (χ0n) is 12.5. The number of hydrogen-bond acceptors (Lipinski definition) is 2. The van der Waals surface area contributed by atoms with E-state index in [2.05, 4.69) is 67.5 Å². The zero-order chi connectivity index (χ0) is 14.1. The monoisotopic (exact) mass is 266 g/mol. The van der Waals surface area contributed by atoms with Gasteiger partial charge in [0.25, 0.3) is 0 Å². The fourth-order valence-electron chi connectivity index (χ4n) is 2.79. The lowest BCUT2D eigenvalue weighted by Crippen LogP contribution is -2.12. The highest BCUT2D eigenvalue weighted by molar-refractivity contribution is 5.59. The Balaban J connectivity index is 1.71. The second kappa shape index (κ2) is 5.20. The van der Waals surface area contributed by atoms with Crippen molar-refractivity contribution in [2.24, 2.45) is 0 Å². The van der Waals surface area contributed by atoms with Crippen LogP contribution in [0.4, 0.5) is 11.4 Å². The maximum atomic E-state index is 3.52. The molecule has 0 saturated heterocycles. The summed E-state index contributed by atoms with van der Waals surface area (Å²) in [7, 11) is 2.17. The van der Waals surface area contributed by atoms with E-state index in [4.69, 9.17) is 0 Å². The molecule has 1 heterocycles. The smallest absolute Gasteiger partial charge is 0.0400 e. The molecule has 2 nitrogen and oxygen atoms in total. The van der Waals surface area contributed by atoms with Crippen LogP contribution in [0.5, 0.6) is 0 Å². The summed E-state index contributed by atoms with van der Waals surface area (Å²) in [5.74, 6) is 0. The molecular formula is C18H22N2. The van der Waals surface area contributed by atoms with Crippen LogP contribution in [-0.2, 0) is 13.0 Å². The summed E-state index contributed by atoms with van der Waals surface area (Å²) in [6.07, 6.45) is 1.17. The minimum absolute atomic E-state index is 0.888. The molecule has 0 aromatic heterocycles. The maximum Gasteiger partial charge on any atom is 0.0400 e. The largest absolute Gasteiger partial charge is 0.381 e. The first-order valence-corrected chi connectivity index (χ1v) is 7.27. The summed E-state index contributed by atoms with van der Waals surface area (Å²) in [5.41, 5.74) is 8.11. The number of anilines is 2. The van der Waals surface area contributed by atoms with E-state index in [0.29, 0.717) is 0 Å². The van der Waals surface area contributed by atoms with Crippen LogP contribution in [0.3, 0.4) is 0 Å². The number of nitrogens with one attached hydrogen (secondary N) is 1. The van der Waals surface area contributed by atoms with Gasteiger partial charge in [-0.25, -0.2) is 0 Å². The molecule has 2 aromatic carbocycles. The van der Waals surface area contributed by atoms with Gasteiger partial charge in [0.1, 0.15) is 0 Å². The Labute approximate surface area is 121 Å². The van der Waals surface area contributed by atoms with E-state index in [1.807, 2.05) is 0 Å². The zero-order valence-corrected chi connectivity index (χ0v) is 12.5. The molecule has 20 heavy (non-hydrogen) atoms. The molecule has 1 N–H and O–H groups in total. The highest BCUT2D eigenvalue weighted by atomic mass is 15.1. The molecule has 104 valence electrons. The molecule has 0 atom stereocenters. The van der Waals surface area contributed by atoms with Crippen LogP contribution >= 0.6 is 0 Å². The van der Waals surface area contributed by atoms with Gasteiger partial charge < -0.3 is 10.2 Å². The number of aryl methyl sites for hydroxylation is 2. The van der Waals surface area contributed by atoms with Gasteiger partial charge >= 0.3 is 0 Å². The molecule has 0 saturated carbocycles. The first-order valence-electron chi connectivity index (χ1n) is 7.27. The van der Waals surface area contributed by atoms with Crippen molar-refractivity contribution < 1.29 is 0 Å². The quantitative estimate of drug-likeness (QED) is 0.906. The van der Waals surface area contributed by atoms with Crippen LogP contribution in [0, 0.1) is 13.8 Å². The summed E-state index contributed by atoms with van der Waals surface area (Å²) in [5, 5.41) is 3.52. The maximum absolute atomic E-state index is 3.52. The SMILES string of the molecule is Cc1ccc(NCc2ccc3c(c2)CCN3C)cc1C. The van der Waals surface area contributed by atoms with Gasteiger partial charge in [-0.1, -0.05) is 18.2 Å². The molecule has 2 aromatic rings. The third-order valence-electron chi connectivity index (χ3n) is 4.28. The van der Waals surface area contributed by atoms with E-state index >= 15 is 0 Å². The van der Waals surface area contributed by atoms with Crippen LogP contribution in [0.25, 0.3) is 0 Å². The topological polar surface area (TPSA) is 15.3 Å². The third kappa shape index (κ3) is 2.51. The first kappa shape index (κ1) is 13.0. The second-order valence-corrected chi connectivity index (χ2v) is 5.79. The molecule has 0 fully saturated rings. The lowest BCUT2D eigenvalue weighted by atomic mass is 10.1. The van der Waals surface area contributed by atoms with E-state index in [9.17, 15) is 0 Å². The van der Waals surface area contributed by atoms with Gasteiger partial charge in [0.15, 0.2) is 0 Å². The van der Waals surface area contributed by atoms with Crippen molar-refractivity contribution in [1.82, 2.24) is 0 Å². The summed E-state index contributed by atoms with van der Waals surface area (Å²) in [4.78, 5) is 2.33. The van der Waals surface area contributed by atoms with Crippen LogP contribution in [-0.4, -0.2) is 13.6 Å². The average Bonchev–Trinajstić information content (AvgIpc) is 2.81. The van der Waals surface area contributed by atoms with Gasteiger partial charge in [0, 0.05) is 31.5 Å². The fourth-order valence-corrected chi connectivity index (χ4v) is 2.79. The van der Waals surface area contributed by atoms with Crippen molar-refractivity contribution in [2.75, 3.05) is 23.8 Å². The molecule has 1 aliphatic heterocycles. The Kier molecular flexibility index (Phi) is 3.39. The van der Waals surface area contributed by atoms with Crippen molar-refractivity contribution in [3.8, 4) is 0 Å². The molecule has 0 bridgehead atoms. The van der Waals surface area contributed by atoms with E-state index in [1.54, 1.807) is 0 Å². The van der Waals surface area contributed by atoms with E-state index in [0.717, 1.165) is 13.1 Å². The van der Waals surface area contributed by atoms with Crippen LogP contribution in [0.1, 0.15) is 22.3 Å². The lowest BCUT2D eigenvalue weighted by molar-refractivity contribution is 0.955. The Morgan fingerprint density at radius 1 is 1.05 bits per heavy atom. The Hall–Kier alpha value is -1.96. The predicted molar refractivity (Wildman–Crippen MR) is 86.7 cm³/mol. The van der Waals surface area contributed by atoms with E-state index in [-0.39, 0.29) is 0 Å². The highest BCUT2D eigenvalue weighted by Gasteiger charge is 2.15. The Morgan fingerprint density at radius 3 is 2.70 bits per heavy atom. The molecule has 1 aliphatic rings. The molecule has 0 aliphatic carbocycles. The van der Waals surface area contributed by atoms with Gasteiger partial charge in [0.2, 0.25) is 0 Å². The number of benzene rings is 2. The number of rotatable bonds is 3. The fraction of sp³-hybridized carbons (Fsp3) is 0.333. The summed E-state index contributed by atoms with van der Waals surface area (Å²) < 4.78 is 0. The molecule has 0 radical (unpaired) electrons. The van der Waals surface area contributed by atoms with E-state index in [1.165, 1.54) is 40.0 Å². The number of fused-ring (bicyclic) bond motifs is 1. The van der Waals surface area contributed by atoms with Crippen molar-refractivity contribution in [1.29, 1.82) is 0 Å². The van der Waals surface area contributed by atoms with Gasteiger partial charge in [-0.15, -0.1) is 0 Å². The molecule has 2 heteroatoms. The van der Waals surface area contributed by atoms with Crippen molar-refractivity contribution in [3.63, 3.8) is 0 Å². The average molecular weight is 266 g/mol. The lowest BCUT2D eigenvalue weighted by Gasteiger charge is -2.13. The highest BCUT2D eigenvalue weighted by Crippen LogP contribution is 2.27. The normalized spacial score (nSPS) is 13.4. The number of likely N-dealkylation sites (N-methyl/N-ethyl adjacent to an activating group) is 1. The molecular weight excluding hydrogens is 244 g/mol. The minimum Gasteiger partial charge on any atom is -0.381 e. The molecule has 0 spiro atoms. The molecule has 0 amide bonds. The standard InChI is InChI=1S/C18H22N2/c1-13-4-6-17(10-14(13)2)19-12-15-5-7-18-16(11-15)8-9-20(18)3/h4-7,10-11,19H,8-9,12H2,1-3H3. The molecule has 3 rings (SSSR count). The van der Waals surface area contributed by atoms with Crippen LogP contribution in [0.2, 0.25) is 0 Å². The van der Waals surface area contributed by atoms with Gasteiger partial charge in [-0.05, 0) is 60.7 Å². The van der Waals surface area contributed by atoms with Crippen molar-refractivity contribution >= 4 is 11.4 Å². The second-order valence-electron chi connectivity index (χ2n) is 5.79. The number of nitrogens with zero attached hydrogens (tertiary/aromatic N) is 1. The Morgan fingerprint density at radius 2 is 1.90 bits per heavy atom. The van der Waals surface area contributed by atoms with Crippen molar-refractivity contribution in [3.05, 3.63) is 58.7 Å². The van der Waals surface area contributed by atoms with Crippen LogP contribution < -0.4 is 10.2 Å². The number of hydrogen-bond donors (Lipinski definition) is 1. The van der Waals surface area contributed by atoms with Gasteiger partial charge in [0.05, 0.1) is 0 Å². The van der Waals surface area contributed by atoms with Gasteiger partial charge in [-0.2, -0.15) is 0 Å². The van der Waals surface area contributed by atoms with Gasteiger partial charge in [-0.3, -0.25) is 0 Å². The van der Waals surface area contributed by atoms with Crippen molar-refractivity contribution in [2.45, 2.75) is 26.8 Å². The summed E-state index contributed by atoms with van der Waals surface area (Å²) in [6, 6.07) is 13.4. The summed E-state index contributed by atoms with van der Waals surface area (Å²) >= 11 is 0. The molecule has 0 unspecified atom stereocenters. The summed E-state index contributed by atoms with van der Waals surface area (Å²) in [6.45, 7) is 6.34. The van der Waals surface area contributed by atoms with E-state index < -0.39 is 0 Å². The Bertz CT molecular complexity index is 631. The third-order valence-corrected chi connectivity index (χ3v) is 4.28. The first-order chi connectivity index (χ1) is 9.63.